The van der Waals surface area contributed by atoms with Crippen LogP contribution in [0.2, 0.25) is 0 Å². The molecule has 2 atom stereocenters. The van der Waals surface area contributed by atoms with Gasteiger partial charge in [0.05, 0.1) is 12.5 Å². The van der Waals surface area contributed by atoms with Gasteiger partial charge in [-0.25, -0.2) is 0 Å². The Morgan fingerprint density at radius 3 is 2.67 bits per heavy atom. The van der Waals surface area contributed by atoms with Gasteiger partial charge in [-0.3, -0.25) is 9.59 Å². The highest BCUT2D eigenvalue weighted by Crippen LogP contribution is 2.42. The summed E-state index contributed by atoms with van der Waals surface area (Å²) >= 11 is 1.60. The lowest BCUT2D eigenvalue weighted by molar-refractivity contribution is -0.124. The number of nitrogens with zero attached hydrogens (tertiary/aromatic N) is 1. The Morgan fingerprint density at radius 1 is 1.22 bits per heavy atom. The van der Waals surface area contributed by atoms with Crippen LogP contribution in [0.25, 0.3) is 0 Å². The SMILES string of the molecule is CCCCCNC(=O)C1CSC(c2ccoc2)N1C(=O)c1ccc(C)cc1. The van der Waals surface area contributed by atoms with Gasteiger partial charge in [-0.05, 0) is 31.5 Å². The van der Waals surface area contributed by atoms with Gasteiger partial charge in [-0.2, -0.15) is 0 Å². The van der Waals surface area contributed by atoms with E-state index in [2.05, 4.69) is 12.2 Å². The zero-order valence-electron chi connectivity index (χ0n) is 15.8. The van der Waals surface area contributed by atoms with E-state index >= 15 is 0 Å². The quantitative estimate of drug-likeness (QED) is 0.726. The van der Waals surface area contributed by atoms with Crippen molar-refractivity contribution < 1.29 is 14.0 Å². The van der Waals surface area contributed by atoms with Crippen LogP contribution in [0, 0.1) is 6.92 Å². The van der Waals surface area contributed by atoms with Crippen molar-refractivity contribution in [2.24, 2.45) is 0 Å². The number of nitrogens with one attached hydrogen (secondary N) is 1. The molecule has 3 rings (SSSR count). The molecular weight excluding hydrogens is 360 g/mol. The Labute approximate surface area is 164 Å². The maximum atomic E-state index is 13.3. The number of unbranched alkanes of at least 4 members (excludes halogenated alkanes) is 2. The highest BCUT2D eigenvalue weighted by atomic mass is 32.2. The van der Waals surface area contributed by atoms with E-state index in [1.807, 2.05) is 37.3 Å². The Morgan fingerprint density at radius 2 is 2.00 bits per heavy atom. The zero-order valence-corrected chi connectivity index (χ0v) is 16.6. The van der Waals surface area contributed by atoms with Gasteiger partial charge in [0.2, 0.25) is 5.91 Å². The molecule has 1 aromatic heterocycles. The number of thioether (sulfide) groups is 1. The molecule has 1 aromatic carbocycles. The van der Waals surface area contributed by atoms with E-state index in [0.29, 0.717) is 17.9 Å². The minimum Gasteiger partial charge on any atom is -0.472 e. The number of aryl methyl sites for hydroxylation is 1. The molecule has 0 aliphatic carbocycles. The molecule has 0 radical (unpaired) electrons. The molecule has 2 heterocycles. The van der Waals surface area contributed by atoms with Crippen molar-refractivity contribution in [1.82, 2.24) is 10.2 Å². The second-order valence-corrected chi connectivity index (χ2v) is 7.95. The zero-order chi connectivity index (χ0) is 19.2. The van der Waals surface area contributed by atoms with Crippen molar-refractivity contribution in [2.75, 3.05) is 12.3 Å². The summed E-state index contributed by atoms with van der Waals surface area (Å²) in [5.41, 5.74) is 2.60. The first-order valence-corrected chi connectivity index (χ1v) is 10.5. The molecule has 1 fully saturated rings. The third-order valence-corrected chi connectivity index (χ3v) is 6.07. The Hall–Kier alpha value is -2.21. The smallest absolute Gasteiger partial charge is 0.255 e. The monoisotopic (exact) mass is 386 g/mol. The Bertz CT molecular complexity index is 758. The van der Waals surface area contributed by atoms with E-state index < -0.39 is 6.04 Å². The molecule has 2 aromatic rings. The van der Waals surface area contributed by atoms with Crippen LogP contribution in [-0.4, -0.2) is 35.1 Å². The second-order valence-electron chi connectivity index (χ2n) is 6.83. The fourth-order valence-corrected chi connectivity index (χ4v) is 4.58. The van der Waals surface area contributed by atoms with Gasteiger partial charge < -0.3 is 14.6 Å². The summed E-state index contributed by atoms with van der Waals surface area (Å²) in [6.45, 7) is 4.77. The van der Waals surface area contributed by atoms with Crippen molar-refractivity contribution in [2.45, 2.75) is 44.5 Å². The van der Waals surface area contributed by atoms with Gasteiger partial charge in [0.25, 0.3) is 5.91 Å². The van der Waals surface area contributed by atoms with Crippen molar-refractivity contribution in [1.29, 1.82) is 0 Å². The van der Waals surface area contributed by atoms with Crippen LogP contribution in [0.5, 0.6) is 0 Å². The van der Waals surface area contributed by atoms with Gasteiger partial charge in [0, 0.05) is 23.4 Å². The fourth-order valence-electron chi connectivity index (χ4n) is 3.18. The molecule has 144 valence electrons. The molecule has 1 N–H and O–H groups in total. The second kappa shape index (κ2) is 9.13. The fraction of sp³-hybridized carbons (Fsp3) is 0.429. The molecule has 1 aliphatic rings. The molecule has 1 aliphatic heterocycles. The lowest BCUT2D eigenvalue weighted by atomic mass is 10.1. The van der Waals surface area contributed by atoms with E-state index in [-0.39, 0.29) is 17.2 Å². The number of furan rings is 1. The maximum Gasteiger partial charge on any atom is 0.255 e. The summed E-state index contributed by atoms with van der Waals surface area (Å²) in [4.78, 5) is 27.7. The summed E-state index contributed by atoms with van der Waals surface area (Å²) in [7, 11) is 0. The molecule has 2 amide bonds. The highest BCUT2D eigenvalue weighted by Gasteiger charge is 2.42. The lowest BCUT2D eigenvalue weighted by Crippen LogP contribution is -2.48. The first-order chi connectivity index (χ1) is 13.1. The van der Waals surface area contributed by atoms with Gasteiger partial charge in [0.1, 0.15) is 11.4 Å². The largest absolute Gasteiger partial charge is 0.472 e. The lowest BCUT2D eigenvalue weighted by Gasteiger charge is -2.28. The predicted molar refractivity (Wildman–Crippen MR) is 108 cm³/mol. The van der Waals surface area contributed by atoms with Crippen LogP contribution in [0.1, 0.15) is 53.0 Å². The number of rotatable bonds is 7. The molecule has 6 heteroatoms. The first kappa shape index (κ1) is 19.5. The Balaban J connectivity index is 1.80. The minimum atomic E-state index is -0.481. The van der Waals surface area contributed by atoms with Crippen LogP contribution < -0.4 is 5.32 Å². The standard InChI is InChI=1S/C21H26N2O3S/c1-3-4-5-11-22-19(24)18-14-27-21(17-10-12-26-13-17)23(18)20(25)16-8-6-15(2)7-9-16/h6-10,12-13,18,21H,3-5,11,14H2,1-2H3,(H,22,24). The van der Waals surface area contributed by atoms with Crippen LogP contribution in [0.3, 0.4) is 0 Å². The third-order valence-electron chi connectivity index (χ3n) is 4.74. The third kappa shape index (κ3) is 4.56. The van der Waals surface area contributed by atoms with Crippen molar-refractivity contribution in [3.8, 4) is 0 Å². The summed E-state index contributed by atoms with van der Waals surface area (Å²) in [6, 6.07) is 8.86. The predicted octanol–water partition coefficient (Wildman–Crippen LogP) is 4.15. The summed E-state index contributed by atoms with van der Waals surface area (Å²) < 4.78 is 5.21. The summed E-state index contributed by atoms with van der Waals surface area (Å²) in [6.07, 6.45) is 6.40. The van der Waals surface area contributed by atoms with Crippen molar-refractivity contribution in [3.05, 3.63) is 59.5 Å². The van der Waals surface area contributed by atoms with Gasteiger partial charge in [-0.1, -0.05) is 37.5 Å². The number of benzene rings is 1. The number of amides is 2. The van der Waals surface area contributed by atoms with E-state index in [1.54, 1.807) is 29.2 Å². The normalized spacial score (nSPS) is 19.3. The summed E-state index contributed by atoms with van der Waals surface area (Å²) in [5, 5.41) is 2.78. The topological polar surface area (TPSA) is 62.6 Å². The molecule has 1 saturated heterocycles. The first-order valence-electron chi connectivity index (χ1n) is 9.42. The van der Waals surface area contributed by atoms with Crippen molar-refractivity contribution in [3.63, 3.8) is 0 Å². The molecule has 0 spiro atoms. The minimum absolute atomic E-state index is 0.0786. The number of hydrogen-bond donors (Lipinski definition) is 1. The molecule has 5 nitrogen and oxygen atoms in total. The maximum absolute atomic E-state index is 13.3. The van der Waals surface area contributed by atoms with E-state index in [1.165, 1.54) is 0 Å². The van der Waals surface area contributed by atoms with Crippen LogP contribution in [0.15, 0.2) is 47.3 Å². The number of carbonyl (C=O) groups excluding carboxylic acids is 2. The average molecular weight is 387 g/mol. The van der Waals surface area contributed by atoms with Gasteiger partial charge in [-0.15, -0.1) is 11.8 Å². The molecule has 2 unspecified atom stereocenters. The molecule has 0 saturated carbocycles. The molecular formula is C21H26N2O3S. The van der Waals surface area contributed by atoms with Crippen LogP contribution >= 0.6 is 11.8 Å². The number of carbonyl (C=O) groups is 2. The number of hydrogen-bond acceptors (Lipinski definition) is 4. The Kier molecular flexibility index (Phi) is 6.61. The average Bonchev–Trinajstić information content (AvgIpc) is 3.34. The highest BCUT2D eigenvalue weighted by molar-refractivity contribution is 7.99. The molecule has 0 bridgehead atoms. The summed E-state index contributed by atoms with van der Waals surface area (Å²) in [5.74, 6) is 0.373. The molecule has 27 heavy (non-hydrogen) atoms. The van der Waals surface area contributed by atoms with E-state index in [9.17, 15) is 9.59 Å². The van der Waals surface area contributed by atoms with Crippen LogP contribution in [-0.2, 0) is 4.79 Å². The van der Waals surface area contributed by atoms with Gasteiger partial charge in [0.15, 0.2) is 0 Å². The van der Waals surface area contributed by atoms with E-state index in [4.69, 9.17) is 4.42 Å². The van der Waals surface area contributed by atoms with Crippen LogP contribution in [0.4, 0.5) is 0 Å². The van der Waals surface area contributed by atoms with E-state index in [0.717, 1.165) is 30.4 Å². The van der Waals surface area contributed by atoms with Gasteiger partial charge >= 0.3 is 0 Å². The van der Waals surface area contributed by atoms with Crippen molar-refractivity contribution >= 4 is 23.6 Å².